The average Bonchev–Trinajstić information content (AvgIpc) is 3.43. The van der Waals surface area contributed by atoms with Crippen LogP contribution in [0.4, 0.5) is 4.39 Å². The van der Waals surface area contributed by atoms with Crippen molar-refractivity contribution in [1.82, 2.24) is 30.0 Å². The summed E-state index contributed by atoms with van der Waals surface area (Å²) < 4.78 is 21.7. The predicted molar refractivity (Wildman–Crippen MR) is 124 cm³/mol. The number of aromatic nitrogens is 4. The number of amides is 1. The van der Waals surface area contributed by atoms with E-state index in [0.717, 1.165) is 23.4 Å². The van der Waals surface area contributed by atoms with Gasteiger partial charge in [-0.1, -0.05) is 18.2 Å². The first kappa shape index (κ1) is 23.1. The molecule has 2 aromatic carbocycles. The lowest BCUT2D eigenvalue weighted by molar-refractivity contribution is -0.141. The first-order valence-corrected chi connectivity index (χ1v) is 11.6. The highest BCUT2D eigenvalue weighted by molar-refractivity contribution is 5.83. The molecule has 0 radical (unpaired) electrons. The number of nitriles is 1. The smallest absolute Gasteiger partial charge is 0.229 e. The molecule has 2 fully saturated rings. The van der Waals surface area contributed by atoms with E-state index in [0.29, 0.717) is 31.8 Å². The lowest BCUT2D eigenvalue weighted by Gasteiger charge is -2.46. The number of halogens is 1. The Bertz CT molecular complexity index is 1260. The lowest BCUT2D eigenvalue weighted by atomic mass is 9.95. The van der Waals surface area contributed by atoms with Crippen LogP contribution in [-0.4, -0.2) is 74.7 Å². The molecule has 0 N–H and O–H groups in total. The molecule has 5 rings (SSSR count). The zero-order valence-corrected chi connectivity index (χ0v) is 19.6. The third kappa shape index (κ3) is 4.40. The van der Waals surface area contributed by atoms with E-state index < -0.39 is 5.82 Å². The monoisotopic (exact) mass is 475 g/mol. The van der Waals surface area contributed by atoms with Crippen LogP contribution < -0.4 is 0 Å². The number of piperazine rings is 1. The Kier molecular flexibility index (Phi) is 6.28. The maximum atomic E-state index is 13.9. The average molecular weight is 476 g/mol. The lowest BCUT2D eigenvalue weighted by Crippen LogP contribution is -2.60. The molecule has 9 nitrogen and oxygen atoms in total. The molecule has 1 unspecified atom stereocenters. The van der Waals surface area contributed by atoms with E-state index in [1.807, 2.05) is 42.2 Å². The molecule has 2 aliphatic heterocycles. The van der Waals surface area contributed by atoms with Crippen LogP contribution in [0.15, 0.2) is 42.7 Å². The Morgan fingerprint density at radius 2 is 2.00 bits per heavy atom. The second-order valence-corrected chi connectivity index (χ2v) is 9.07. The molecule has 35 heavy (non-hydrogen) atoms. The van der Waals surface area contributed by atoms with Gasteiger partial charge in [0.15, 0.2) is 0 Å². The predicted octanol–water partition coefficient (Wildman–Crippen LogP) is 2.37. The quantitative estimate of drug-likeness (QED) is 0.571. The number of rotatable bonds is 4. The molecule has 10 heteroatoms. The van der Waals surface area contributed by atoms with Gasteiger partial charge in [-0.15, -0.1) is 5.10 Å². The van der Waals surface area contributed by atoms with Crippen LogP contribution >= 0.6 is 0 Å². The highest BCUT2D eigenvalue weighted by Crippen LogP contribution is 2.31. The van der Waals surface area contributed by atoms with Gasteiger partial charge in [0.25, 0.3) is 0 Å². The van der Waals surface area contributed by atoms with Crippen molar-refractivity contribution in [3.8, 4) is 11.8 Å². The number of hydrogen-bond acceptors (Lipinski definition) is 7. The summed E-state index contributed by atoms with van der Waals surface area (Å²) in [5.74, 6) is -0.684. The van der Waals surface area contributed by atoms with Gasteiger partial charge in [-0.3, -0.25) is 9.69 Å². The van der Waals surface area contributed by atoms with E-state index in [-0.39, 0.29) is 29.5 Å². The normalized spacial score (nSPS) is 21.3. The highest BCUT2D eigenvalue weighted by atomic mass is 19.1. The largest absolute Gasteiger partial charge is 0.370 e. The van der Waals surface area contributed by atoms with Gasteiger partial charge >= 0.3 is 0 Å². The van der Waals surface area contributed by atoms with Crippen LogP contribution in [0.1, 0.15) is 41.2 Å². The maximum Gasteiger partial charge on any atom is 0.229 e. The fourth-order valence-corrected chi connectivity index (χ4v) is 4.97. The van der Waals surface area contributed by atoms with Crippen molar-refractivity contribution in [3.63, 3.8) is 0 Å². The topological polar surface area (TPSA) is 100 Å². The minimum Gasteiger partial charge on any atom is -0.370 e. The third-order valence-electron chi connectivity index (χ3n) is 7.10. The van der Waals surface area contributed by atoms with Gasteiger partial charge in [0.05, 0.1) is 35.9 Å². The van der Waals surface area contributed by atoms with Crippen LogP contribution in [0.3, 0.4) is 0 Å². The van der Waals surface area contributed by atoms with E-state index in [1.165, 1.54) is 12.4 Å². The molecular formula is C25H26FN7O2. The molecular weight excluding hydrogens is 449 g/mol. The van der Waals surface area contributed by atoms with Crippen molar-refractivity contribution in [1.29, 1.82) is 5.26 Å². The second kappa shape index (κ2) is 9.52. The molecule has 3 heterocycles. The minimum atomic E-state index is -0.506. The van der Waals surface area contributed by atoms with Crippen molar-refractivity contribution in [2.45, 2.75) is 31.9 Å². The van der Waals surface area contributed by atoms with Gasteiger partial charge in [-0.05, 0) is 59.2 Å². The standard InChI is InChI=1S/C25H26FN7O2/c1-16(18-3-5-19(6-4-18)33-15-28-29-30-33)25(34)32-10-9-31-13-24(35-14-20(31)12-32)21-7-8-23(26)22(11-27)17(21)2/h3-8,15-16,20,24H,9-10,12-14H2,1-2H3/t16?,20-,24-/m0/s1. The second-order valence-electron chi connectivity index (χ2n) is 9.07. The molecule has 1 aromatic heterocycles. The van der Waals surface area contributed by atoms with Gasteiger partial charge in [-0.2, -0.15) is 5.26 Å². The first-order valence-electron chi connectivity index (χ1n) is 11.6. The van der Waals surface area contributed by atoms with Crippen molar-refractivity contribution in [2.75, 3.05) is 32.8 Å². The van der Waals surface area contributed by atoms with Crippen LogP contribution in [0.25, 0.3) is 5.69 Å². The van der Waals surface area contributed by atoms with Crippen LogP contribution in [0.5, 0.6) is 0 Å². The van der Waals surface area contributed by atoms with Crippen LogP contribution in [0, 0.1) is 24.1 Å². The summed E-state index contributed by atoms with van der Waals surface area (Å²) in [5.41, 5.74) is 3.32. The summed E-state index contributed by atoms with van der Waals surface area (Å²) in [6, 6.07) is 12.8. The van der Waals surface area contributed by atoms with Gasteiger partial charge in [0.1, 0.15) is 18.2 Å². The summed E-state index contributed by atoms with van der Waals surface area (Å²) in [7, 11) is 0. The number of tetrazole rings is 1. The van der Waals surface area contributed by atoms with Gasteiger partial charge < -0.3 is 9.64 Å². The zero-order chi connectivity index (χ0) is 24.5. The Morgan fingerprint density at radius 3 is 2.71 bits per heavy atom. The number of hydrogen-bond donors (Lipinski definition) is 0. The summed E-state index contributed by atoms with van der Waals surface area (Å²) in [5, 5.41) is 20.5. The van der Waals surface area contributed by atoms with E-state index in [9.17, 15) is 14.4 Å². The summed E-state index contributed by atoms with van der Waals surface area (Å²) >= 11 is 0. The fourth-order valence-electron chi connectivity index (χ4n) is 4.97. The van der Waals surface area contributed by atoms with Crippen molar-refractivity contribution >= 4 is 5.91 Å². The molecule has 0 aliphatic carbocycles. The van der Waals surface area contributed by atoms with Crippen LogP contribution in [0.2, 0.25) is 0 Å². The maximum absolute atomic E-state index is 13.9. The summed E-state index contributed by atoms with van der Waals surface area (Å²) in [6.45, 7) is 6.80. The fraction of sp³-hybridized carbons (Fsp3) is 0.400. The number of benzene rings is 2. The van der Waals surface area contributed by atoms with E-state index >= 15 is 0 Å². The van der Waals surface area contributed by atoms with E-state index in [1.54, 1.807) is 17.7 Å². The first-order chi connectivity index (χ1) is 17.0. The number of fused-ring (bicyclic) bond motifs is 1. The third-order valence-corrected chi connectivity index (χ3v) is 7.10. The zero-order valence-electron chi connectivity index (χ0n) is 19.6. The number of carbonyl (C=O) groups is 1. The summed E-state index contributed by atoms with van der Waals surface area (Å²) in [4.78, 5) is 17.5. The number of nitrogens with zero attached hydrogens (tertiary/aromatic N) is 7. The Morgan fingerprint density at radius 1 is 1.20 bits per heavy atom. The Hall–Kier alpha value is -3.68. The molecule has 0 bridgehead atoms. The van der Waals surface area contributed by atoms with Crippen LogP contribution in [-0.2, 0) is 9.53 Å². The SMILES string of the molecule is Cc1c([C@@H]2CN3CCN(C(=O)C(C)c4ccc(-n5cnnn5)cc4)C[C@H]3CO2)ccc(F)c1C#N. The number of carbonyl (C=O) groups excluding carboxylic acids is 1. The molecule has 0 saturated carbocycles. The van der Waals surface area contributed by atoms with E-state index in [2.05, 4.69) is 20.4 Å². The Labute approximate surface area is 202 Å². The molecule has 0 spiro atoms. The van der Waals surface area contributed by atoms with Crippen molar-refractivity contribution in [3.05, 3.63) is 70.8 Å². The molecule has 1 amide bonds. The molecule has 3 aromatic rings. The number of morpholine rings is 1. The molecule has 2 aliphatic rings. The number of ether oxygens (including phenoxy) is 1. The Balaban J connectivity index is 1.22. The van der Waals surface area contributed by atoms with E-state index in [4.69, 9.17) is 4.74 Å². The van der Waals surface area contributed by atoms with Gasteiger partial charge in [0, 0.05) is 26.2 Å². The van der Waals surface area contributed by atoms with Crippen molar-refractivity contribution < 1.29 is 13.9 Å². The molecule has 2 saturated heterocycles. The summed E-state index contributed by atoms with van der Waals surface area (Å²) in [6.07, 6.45) is 1.30. The van der Waals surface area contributed by atoms with Crippen molar-refractivity contribution in [2.24, 2.45) is 0 Å². The molecule has 180 valence electrons. The van der Waals surface area contributed by atoms with Gasteiger partial charge in [0.2, 0.25) is 5.91 Å². The van der Waals surface area contributed by atoms with Gasteiger partial charge in [-0.25, -0.2) is 9.07 Å². The highest BCUT2D eigenvalue weighted by Gasteiger charge is 2.37. The molecule has 3 atom stereocenters. The minimum absolute atomic E-state index is 0.0728.